The third kappa shape index (κ3) is 2.06. The number of rotatable bonds is 1. The molecular weight excluding hydrogens is 266 g/mol. The van der Waals surface area contributed by atoms with Gasteiger partial charge in [0.05, 0.1) is 11.3 Å². The molecule has 2 rings (SSSR count). The predicted molar refractivity (Wildman–Crippen MR) is 68.2 cm³/mol. The molecule has 16 heavy (non-hydrogen) atoms. The maximum absolute atomic E-state index is 9.08. The fourth-order valence-electron chi connectivity index (χ4n) is 2.05. The summed E-state index contributed by atoms with van der Waals surface area (Å²) in [6.07, 6.45) is 0. The summed E-state index contributed by atoms with van der Waals surface area (Å²) in [5, 5.41) is 9.08. The van der Waals surface area contributed by atoms with Crippen LogP contribution in [0, 0.1) is 17.2 Å². The van der Waals surface area contributed by atoms with Gasteiger partial charge in [0.15, 0.2) is 0 Å². The lowest BCUT2D eigenvalue weighted by atomic mass is 10.1. The van der Waals surface area contributed by atoms with Crippen molar-refractivity contribution in [2.45, 2.75) is 13.0 Å². The number of nitrogens with zero attached hydrogens (tertiary/aromatic N) is 2. The SMILES string of the molecule is CC1CN(c2cc(Br)ccc2C#N)CC1N. The summed E-state index contributed by atoms with van der Waals surface area (Å²) in [5.41, 5.74) is 7.69. The zero-order valence-corrected chi connectivity index (χ0v) is 10.7. The van der Waals surface area contributed by atoms with Crippen LogP contribution in [0.1, 0.15) is 12.5 Å². The minimum absolute atomic E-state index is 0.200. The van der Waals surface area contributed by atoms with Gasteiger partial charge >= 0.3 is 0 Å². The number of nitriles is 1. The van der Waals surface area contributed by atoms with E-state index in [9.17, 15) is 0 Å². The number of benzene rings is 1. The van der Waals surface area contributed by atoms with Gasteiger partial charge < -0.3 is 10.6 Å². The summed E-state index contributed by atoms with van der Waals surface area (Å²) in [6.45, 7) is 3.90. The zero-order valence-electron chi connectivity index (χ0n) is 9.15. The van der Waals surface area contributed by atoms with Gasteiger partial charge in [0.25, 0.3) is 0 Å². The second-order valence-electron chi connectivity index (χ2n) is 4.32. The lowest BCUT2D eigenvalue weighted by Crippen LogP contribution is -2.28. The molecule has 0 aromatic heterocycles. The molecule has 0 spiro atoms. The highest BCUT2D eigenvalue weighted by Crippen LogP contribution is 2.28. The van der Waals surface area contributed by atoms with E-state index in [4.69, 9.17) is 11.0 Å². The lowest BCUT2D eigenvalue weighted by Gasteiger charge is -2.19. The molecule has 2 N–H and O–H groups in total. The van der Waals surface area contributed by atoms with Crippen LogP contribution in [-0.4, -0.2) is 19.1 Å². The van der Waals surface area contributed by atoms with Gasteiger partial charge in [0, 0.05) is 23.6 Å². The van der Waals surface area contributed by atoms with E-state index in [2.05, 4.69) is 33.8 Å². The van der Waals surface area contributed by atoms with Crippen molar-refractivity contribution < 1.29 is 0 Å². The van der Waals surface area contributed by atoms with Crippen LogP contribution in [0.2, 0.25) is 0 Å². The van der Waals surface area contributed by atoms with E-state index in [-0.39, 0.29) is 6.04 Å². The largest absolute Gasteiger partial charge is 0.369 e. The molecule has 2 atom stereocenters. The van der Waals surface area contributed by atoms with Crippen LogP contribution >= 0.6 is 15.9 Å². The highest BCUT2D eigenvalue weighted by atomic mass is 79.9. The molecule has 84 valence electrons. The fraction of sp³-hybridized carbons (Fsp3) is 0.417. The molecule has 3 nitrogen and oxygen atoms in total. The van der Waals surface area contributed by atoms with Crippen molar-refractivity contribution >= 4 is 21.6 Å². The van der Waals surface area contributed by atoms with E-state index in [1.54, 1.807) is 0 Å². The molecule has 1 aliphatic heterocycles. The van der Waals surface area contributed by atoms with Gasteiger partial charge in [-0.2, -0.15) is 5.26 Å². The van der Waals surface area contributed by atoms with Crippen molar-refractivity contribution in [3.05, 3.63) is 28.2 Å². The first-order valence-corrected chi connectivity index (χ1v) is 6.11. The topological polar surface area (TPSA) is 53.0 Å². The van der Waals surface area contributed by atoms with Crippen molar-refractivity contribution in [3.63, 3.8) is 0 Å². The summed E-state index contributed by atoms with van der Waals surface area (Å²) >= 11 is 3.44. The Balaban J connectivity index is 2.34. The van der Waals surface area contributed by atoms with Gasteiger partial charge in [-0.25, -0.2) is 0 Å². The summed E-state index contributed by atoms with van der Waals surface area (Å²) in [7, 11) is 0. The summed E-state index contributed by atoms with van der Waals surface area (Å²) in [5.74, 6) is 0.477. The van der Waals surface area contributed by atoms with E-state index in [1.807, 2.05) is 18.2 Å². The summed E-state index contributed by atoms with van der Waals surface area (Å²) < 4.78 is 0.995. The number of halogens is 1. The molecule has 1 aliphatic rings. The number of anilines is 1. The van der Waals surface area contributed by atoms with Crippen LogP contribution in [-0.2, 0) is 0 Å². The first-order valence-electron chi connectivity index (χ1n) is 5.32. The minimum atomic E-state index is 0.200. The van der Waals surface area contributed by atoms with Crippen LogP contribution in [0.15, 0.2) is 22.7 Å². The smallest absolute Gasteiger partial charge is 0.101 e. The van der Waals surface area contributed by atoms with Crippen LogP contribution in [0.25, 0.3) is 0 Å². The van der Waals surface area contributed by atoms with Gasteiger partial charge in [0.1, 0.15) is 6.07 Å². The molecule has 2 unspecified atom stereocenters. The van der Waals surface area contributed by atoms with Crippen LogP contribution in [0.3, 0.4) is 0 Å². The standard InChI is InChI=1S/C12H14BrN3/c1-8-6-16(7-11(8)15)12-4-10(13)3-2-9(12)5-14/h2-4,8,11H,6-7,15H2,1H3. The van der Waals surface area contributed by atoms with Crippen LogP contribution in [0.4, 0.5) is 5.69 Å². The van der Waals surface area contributed by atoms with Crippen molar-refractivity contribution in [2.24, 2.45) is 11.7 Å². The van der Waals surface area contributed by atoms with Crippen molar-refractivity contribution in [2.75, 3.05) is 18.0 Å². The molecule has 1 heterocycles. The third-order valence-corrected chi connectivity index (χ3v) is 3.58. The lowest BCUT2D eigenvalue weighted by molar-refractivity contribution is 0.566. The average Bonchev–Trinajstić information content (AvgIpc) is 2.59. The molecule has 1 aromatic carbocycles. The third-order valence-electron chi connectivity index (χ3n) is 3.09. The minimum Gasteiger partial charge on any atom is -0.369 e. The maximum atomic E-state index is 9.08. The van der Waals surface area contributed by atoms with Crippen molar-refractivity contribution in [1.82, 2.24) is 0 Å². The van der Waals surface area contributed by atoms with Gasteiger partial charge in [0.2, 0.25) is 0 Å². The van der Waals surface area contributed by atoms with Gasteiger partial charge in [-0.15, -0.1) is 0 Å². The van der Waals surface area contributed by atoms with E-state index in [0.717, 1.165) is 23.2 Å². The zero-order chi connectivity index (χ0) is 11.7. The van der Waals surface area contributed by atoms with E-state index in [0.29, 0.717) is 11.5 Å². The quantitative estimate of drug-likeness (QED) is 0.857. The maximum Gasteiger partial charge on any atom is 0.101 e. The van der Waals surface area contributed by atoms with Crippen LogP contribution < -0.4 is 10.6 Å². The highest BCUT2D eigenvalue weighted by Gasteiger charge is 2.27. The molecule has 0 bridgehead atoms. The first kappa shape index (κ1) is 11.4. The second-order valence-corrected chi connectivity index (χ2v) is 5.24. The molecular formula is C12H14BrN3. The Morgan fingerprint density at radius 1 is 1.50 bits per heavy atom. The van der Waals surface area contributed by atoms with Gasteiger partial charge in [-0.05, 0) is 24.1 Å². The van der Waals surface area contributed by atoms with Crippen LogP contribution in [0.5, 0.6) is 0 Å². The average molecular weight is 280 g/mol. The van der Waals surface area contributed by atoms with E-state index < -0.39 is 0 Å². The molecule has 0 radical (unpaired) electrons. The van der Waals surface area contributed by atoms with Gasteiger partial charge in [-0.3, -0.25) is 0 Å². The molecule has 1 saturated heterocycles. The van der Waals surface area contributed by atoms with E-state index >= 15 is 0 Å². The number of hydrogen-bond donors (Lipinski definition) is 1. The first-order chi connectivity index (χ1) is 7.61. The Morgan fingerprint density at radius 3 is 2.81 bits per heavy atom. The monoisotopic (exact) mass is 279 g/mol. The van der Waals surface area contributed by atoms with Crippen molar-refractivity contribution in [3.8, 4) is 6.07 Å². The Labute approximate surface area is 104 Å². The van der Waals surface area contributed by atoms with E-state index in [1.165, 1.54) is 0 Å². The normalized spacial score (nSPS) is 24.5. The Hall–Kier alpha value is -1.05. The highest BCUT2D eigenvalue weighted by molar-refractivity contribution is 9.10. The number of nitrogens with two attached hydrogens (primary N) is 1. The second kappa shape index (κ2) is 4.44. The Morgan fingerprint density at radius 2 is 2.25 bits per heavy atom. The Bertz CT molecular complexity index is 428. The summed E-state index contributed by atoms with van der Waals surface area (Å²) in [4.78, 5) is 2.19. The predicted octanol–water partition coefficient (Wildman–Crippen LogP) is 2.10. The van der Waals surface area contributed by atoms with Crippen molar-refractivity contribution in [1.29, 1.82) is 5.26 Å². The molecule has 0 aliphatic carbocycles. The molecule has 4 heteroatoms. The van der Waals surface area contributed by atoms with Gasteiger partial charge in [-0.1, -0.05) is 22.9 Å². The summed E-state index contributed by atoms with van der Waals surface area (Å²) in [6, 6.07) is 8.15. The molecule has 0 saturated carbocycles. The molecule has 1 fully saturated rings. The molecule has 0 amide bonds. The fourth-order valence-corrected chi connectivity index (χ4v) is 2.40. The molecule has 1 aromatic rings. The number of hydrogen-bond acceptors (Lipinski definition) is 3. The Kier molecular flexibility index (Phi) is 3.17.